The first kappa shape index (κ1) is 25.2. The Labute approximate surface area is 201 Å². The van der Waals surface area contributed by atoms with Crippen molar-refractivity contribution in [3.8, 4) is 11.8 Å². The third-order valence-corrected chi connectivity index (χ3v) is 6.07. The number of benzene rings is 1. The van der Waals surface area contributed by atoms with Crippen molar-refractivity contribution in [2.75, 3.05) is 6.61 Å². The van der Waals surface area contributed by atoms with E-state index in [0.717, 1.165) is 25.0 Å². The summed E-state index contributed by atoms with van der Waals surface area (Å²) in [5, 5.41) is 15.3. The van der Waals surface area contributed by atoms with E-state index >= 15 is 0 Å². The van der Waals surface area contributed by atoms with Gasteiger partial charge in [0.25, 0.3) is 5.91 Å². The zero-order chi connectivity index (χ0) is 24.3. The van der Waals surface area contributed by atoms with Crippen LogP contribution in [0.3, 0.4) is 0 Å². The minimum Gasteiger partial charge on any atom is -0.493 e. The van der Waals surface area contributed by atoms with E-state index in [4.69, 9.17) is 4.74 Å². The van der Waals surface area contributed by atoms with Gasteiger partial charge in [-0.2, -0.15) is 5.26 Å². The van der Waals surface area contributed by atoms with Crippen molar-refractivity contribution in [2.45, 2.75) is 64.5 Å². The Bertz CT molecular complexity index is 970. The van der Waals surface area contributed by atoms with Crippen LogP contribution in [0.5, 0.6) is 5.75 Å². The normalized spacial score (nSPS) is 18.5. The first-order valence-electron chi connectivity index (χ1n) is 12.1. The average molecular weight is 463 g/mol. The van der Waals surface area contributed by atoms with Crippen LogP contribution in [-0.2, 0) is 11.2 Å². The molecule has 0 bridgehead atoms. The van der Waals surface area contributed by atoms with Gasteiger partial charge in [0.1, 0.15) is 11.8 Å². The fourth-order valence-electron chi connectivity index (χ4n) is 4.29. The molecule has 1 fully saturated rings. The number of pyridine rings is 1. The van der Waals surface area contributed by atoms with Gasteiger partial charge in [0.2, 0.25) is 5.91 Å². The number of ether oxygens (including phenoxy) is 1. The minimum absolute atomic E-state index is 0.145. The first-order chi connectivity index (χ1) is 16.5. The van der Waals surface area contributed by atoms with Crippen LogP contribution in [0.2, 0.25) is 0 Å². The molecule has 3 rings (SSSR count). The van der Waals surface area contributed by atoms with Crippen molar-refractivity contribution in [1.29, 1.82) is 5.26 Å². The van der Waals surface area contributed by atoms with Gasteiger partial charge in [-0.1, -0.05) is 32.8 Å². The van der Waals surface area contributed by atoms with E-state index in [1.54, 1.807) is 30.5 Å². The molecule has 1 aromatic carbocycles. The van der Waals surface area contributed by atoms with Gasteiger partial charge in [-0.05, 0) is 61.6 Å². The standard InChI is InChI=1S/C27H34N4O3/c1-19(2)17-22(18-28)30-27(33)24-8-3-4-9-25(24)31-26(32)20-10-12-23(13-11-20)34-16-14-21-7-5-6-15-29-21/h5-7,10-13,15,19,22,24-25H,3-4,8-9,14,16-17H2,1-2H3,(H,30,33)(H,31,32)/t22-,24+,25-/m0/s1. The number of hydrogen-bond donors (Lipinski definition) is 2. The van der Waals surface area contributed by atoms with Gasteiger partial charge in [0, 0.05) is 29.9 Å². The molecule has 34 heavy (non-hydrogen) atoms. The summed E-state index contributed by atoms with van der Waals surface area (Å²) < 4.78 is 5.77. The number of rotatable bonds is 10. The van der Waals surface area contributed by atoms with Crippen molar-refractivity contribution in [3.63, 3.8) is 0 Å². The number of hydrogen-bond acceptors (Lipinski definition) is 5. The van der Waals surface area contributed by atoms with Gasteiger partial charge >= 0.3 is 0 Å². The van der Waals surface area contributed by atoms with E-state index in [-0.39, 0.29) is 23.8 Å². The molecule has 1 aromatic heterocycles. The van der Waals surface area contributed by atoms with E-state index in [9.17, 15) is 14.9 Å². The van der Waals surface area contributed by atoms with Crippen LogP contribution in [0, 0.1) is 23.2 Å². The maximum atomic E-state index is 12.9. The van der Waals surface area contributed by atoms with Crippen LogP contribution in [0.1, 0.15) is 62.0 Å². The summed E-state index contributed by atoms with van der Waals surface area (Å²) in [6, 6.07) is 14.2. The molecule has 7 nitrogen and oxygen atoms in total. The minimum atomic E-state index is -0.504. The molecular weight excluding hydrogens is 428 g/mol. The Morgan fingerprint density at radius 1 is 1.15 bits per heavy atom. The van der Waals surface area contributed by atoms with Crippen LogP contribution >= 0.6 is 0 Å². The van der Waals surface area contributed by atoms with E-state index in [2.05, 4.69) is 21.7 Å². The van der Waals surface area contributed by atoms with Gasteiger partial charge < -0.3 is 15.4 Å². The summed E-state index contributed by atoms with van der Waals surface area (Å²) in [5.74, 6) is 0.330. The molecule has 2 amide bonds. The Morgan fingerprint density at radius 2 is 1.91 bits per heavy atom. The number of nitrogens with one attached hydrogen (secondary N) is 2. The van der Waals surface area contributed by atoms with Crippen molar-refractivity contribution in [1.82, 2.24) is 15.6 Å². The molecule has 0 aliphatic heterocycles. The topological polar surface area (TPSA) is 104 Å². The van der Waals surface area contributed by atoms with Gasteiger partial charge in [-0.15, -0.1) is 0 Å². The average Bonchev–Trinajstić information content (AvgIpc) is 2.84. The highest BCUT2D eigenvalue weighted by molar-refractivity contribution is 5.95. The molecule has 0 saturated heterocycles. The summed E-state index contributed by atoms with van der Waals surface area (Å²) in [6.07, 6.45) is 6.44. The Morgan fingerprint density at radius 3 is 2.59 bits per heavy atom. The van der Waals surface area contributed by atoms with Crippen LogP contribution in [0.4, 0.5) is 0 Å². The number of amides is 2. The van der Waals surface area contributed by atoms with Crippen LogP contribution in [0.25, 0.3) is 0 Å². The first-order valence-corrected chi connectivity index (χ1v) is 12.1. The summed E-state index contributed by atoms with van der Waals surface area (Å²) in [7, 11) is 0. The quantitative estimate of drug-likeness (QED) is 0.554. The number of nitriles is 1. The molecule has 2 N–H and O–H groups in total. The molecule has 0 radical (unpaired) electrons. The lowest BCUT2D eigenvalue weighted by Gasteiger charge is -2.32. The summed E-state index contributed by atoms with van der Waals surface area (Å²) >= 11 is 0. The predicted octanol–water partition coefficient (Wildman–Crippen LogP) is 4.05. The Balaban J connectivity index is 1.53. The number of aromatic nitrogens is 1. The molecule has 1 heterocycles. The lowest BCUT2D eigenvalue weighted by atomic mass is 9.83. The predicted molar refractivity (Wildman–Crippen MR) is 130 cm³/mol. The van der Waals surface area contributed by atoms with Gasteiger partial charge in [0.15, 0.2) is 0 Å². The molecule has 2 aromatic rings. The second-order valence-corrected chi connectivity index (χ2v) is 9.23. The van der Waals surface area contributed by atoms with Gasteiger partial charge in [0.05, 0.1) is 18.6 Å². The number of carbonyl (C=O) groups is 2. The summed E-state index contributed by atoms with van der Waals surface area (Å²) in [6.45, 7) is 4.55. The van der Waals surface area contributed by atoms with Gasteiger partial charge in [-0.25, -0.2) is 0 Å². The molecule has 180 valence electrons. The molecule has 1 saturated carbocycles. The van der Waals surface area contributed by atoms with Crippen LogP contribution < -0.4 is 15.4 Å². The van der Waals surface area contributed by atoms with Crippen LogP contribution in [0.15, 0.2) is 48.7 Å². The molecule has 1 aliphatic rings. The third-order valence-electron chi connectivity index (χ3n) is 6.07. The van der Waals surface area contributed by atoms with E-state index in [1.165, 1.54) is 0 Å². The van der Waals surface area contributed by atoms with Crippen molar-refractivity contribution >= 4 is 11.8 Å². The number of nitrogens with zero attached hydrogens (tertiary/aromatic N) is 2. The second kappa shape index (κ2) is 12.7. The highest BCUT2D eigenvalue weighted by Crippen LogP contribution is 2.25. The zero-order valence-corrected chi connectivity index (χ0v) is 20.0. The maximum Gasteiger partial charge on any atom is 0.251 e. The fourth-order valence-corrected chi connectivity index (χ4v) is 4.29. The molecule has 0 spiro atoms. The third kappa shape index (κ3) is 7.58. The monoisotopic (exact) mass is 462 g/mol. The number of carbonyl (C=O) groups excluding carboxylic acids is 2. The lowest BCUT2D eigenvalue weighted by molar-refractivity contribution is -0.127. The smallest absolute Gasteiger partial charge is 0.251 e. The second-order valence-electron chi connectivity index (χ2n) is 9.23. The molecule has 0 unspecified atom stereocenters. The SMILES string of the molecule is CC(C)C[C@@H](C#N)NC(=O)[C@@H]1CCCC[C@@H]1NC(=O)c1ccc(OCCc2ccccn2)cc1. The Kier molecular flexibility index (Phi) is 9.45. The fraction of sp³-hybridized carbons (Fsp3) is 0.481. The van der Waals surface area contributed by atoms with E-state index in [1.807, 2.05) is 32.0 Å². The van der Waals surface area contributed by atoms with Crippen molar-refractivity contribution in [2.24, 2.45) is 11.8 Å². The summed E-state index contributed by atoms with van der Waals surface area (Å²) in [5.41, 5.74) is 1.49. The lowest BCUT2D eigenvalue weighted by Crippen LogP contribution is -2.50. The van der Waals surface area contributed by atoms with Gasteiger partial charge in [-0.3, -0.25) is 14.6 Å². The Hall–Kier alpha value is -3.40. The molecule has 1 aliphatic carbocycles. The van der Waals surface area contributed by atoms with Crippen molar-refractivity contribution in [3.05, 3.63) is 59.9 Å². The molecule has 3 atom stereocenters. The van der Waals surface area contributed by atoms with Crippen LogP contribution in [-0.4, -0.2) is 35.5 Å². The largest absolute Gasteiger partial charge is 0.493 e. The molecule has 7 heteroatoms. The summed E-state index contributed by atoms with van der Waals surface area (Å²) in [4.78, 5) is 30.0. The van der Waals surface area contributed by atoms with Crippen molar-refractivity contribution < 1.29 is 14.3 Å². The molecular formula is C27H34N4O3. The highest BCUT2D eigenvalue weighted by atomic mass is 16.5. The van der Waals surface area contributed by atoms with E-state index in [0.29, 0.717) is 43.1 Å². The highest BCUT2D eigenvalue weighted by Gasteiger charge is 2.33. The zero-order valence-electron chi connectivity index (χ0n) is 20.0. The maximum absolute atomic E-state index is 12.9. The van der Waals surface area contributed by atoms with E-state index < -0.39 is 6.04 Å².